The van der Waals surface area contributed by atoms with Gasteiger partial charge in [-0.05, 0) is 34.5 Å². The predicted molar refractivity (Wildman–Crippen MR) is 108 cm³/mol. The van der Waals surface area contributed by atoms with Crippen molar-refractivity contribution in [3.63, 3.8) is 0 Å². The van der Waals surface area contributed by atoms with Crippen molar-refractivity contribution in [2.24, 2.45) is 0 Å². The number of aliphatic hydroxyl groups excluding tert-OH is 1. The number of hydrogen-bond acceptors (Lipinski definition) is 8. The zero-order valence-electron chi connectivity index (χ0n) is 15.9. The van der Waals surface area contributed by atoms with Gasteiger partial charge in [0.2, 0.25) is 5.76 Å². The van der Waals surface area contributed by atoms with E-state index >= 15 is 0 Å². The molecule has 2 aromatic carbocycles. The number of aliphatic hydroxyl groups is 1. The molecular weight excluding hydrogens is 430 g/mol. The number of carboxylic acid groups (broad SMARTS) is 1. The van der Waals surface area contributed by atoms with Crippen LogP contribution in [0.5, 0.6) is 11.6 Å². The Morgan fingerprint density at radius 2 is 1.84 bits per heavy atom. The van der Waals surface area contributed by atoms with E-state index in [2.05, 4.69) is 15.1 Å². The molecule has 0 aliphatic heterocycles. The summed E-state index contributed by atoms with van der Waals surface area (Å²) in [6, 6.07) is 12.5. The minimum absolute atomic E-state index is 0.0397. The maximum atomic E-state index is 12.3. The number of hydrogen-bond donors (Lipinski definition) is 5. The van der Waals surface area contributed by atoms with Crippen LogP contribution in [0.3, 0.4) is 0 Å². The fourth-order valence-corrected chi connectivity index (χ4v) is 2.93. The molecule has 3 rings (SSSR count). The molecule has 162 valence electrons. The van der Waals surface area contributed by atoms with Crippen molar-refractivity contribution in [1.82, 2.24) is 15.6 Å². The molecule has 0 bridgehead atoms. The summed E-state index contributed by atoms with van der Waals surface area (Å²) in [6.45, 7) is -0.379. The number of hydrazine groups is 1. The topological polar surface area (TPSA) is 156 Å². The largest absolute Gasteiger partial charge is 0.507 e. The summed E-state index contributed by atoms with van der Waals surface area (Å²) in [4.78, 5) is 23.3. The Hall–Kier alpha value is -3.60. The zero-order valence-corrected chi connectivity index (χ0v) is 16.7. The molecule has 3 aromatic rings. The van der Waals surface area contributed by atoms with Gasteiger partial charge < -0.3 is 24.9 Å². The van der Waals surface area contributed by atoms with Crippen LogP contribution in [0.2, 0.25) is 5.02 Å². The molecule has 31 heavy (non-hydrogen) atoms. The molecular formula is C20H18ClN3O7. The van der Waals surface area contributed by atoms with Gasteiger partial charge in [0.25, 0.3) is 5.88 Å². The number of phenolic OH excluding ortho intramolecular Hbond substituents is 1. The monoisotopic (exact) mass is 447 g/mol. The number of benzene rings is 2. The predicted octanol–water partition coefficient (Wildman–Crippen LogP) is 2.00. The number of aliphatic carboxylic acids is 1. The maximum Gasteiger partial charge on any atom is 0.333 e. The number of carboxylic acids is 1. The first-order chi connectivity index (χ1) is 14.7. The molecule has 1 amide bonds. The molecule has 0 radical (unpaired) electrons. The van der Waals surface area contributed by atoms with Gasteiger partial charge in [0, 0.05) is 17.1 Å². The fraction of sp³-hybridized carbons (Fsp3) is 0.150. The summed E-state index contributed by atoms with van der Waals surface area (Å²) in [5.41, 5.74) is 4.32. The normalized spacial score (nSPS) is 12.0. The van der Waals surface area contributed by atoms with Crippen LogP contribution in [0.15, 0.2) is 53.1 Å². The molecule has 0 aliphatic rings. The van der Waals surface area contributed by atoms with Gasteiger partial charge in [-0.25, -0.2) is 9.80 Å². The van der Waals surface area contributed by atoms with E-state index in [-0.39, 0.29) is 18.1 Å². The molecule has 0 fully saturated rings. The molecule has 0 spiro atoms. The Bertz CT molecular complexity index is 1080. The van der Waals surface area contributed by atoms with Crippen LogP contribution in [0.25, 0.3) is 11.1 Å². The maximum absolute atomic E-state index is 12.3. The summed E-state index contributed by atoms with van der Waals surface area (Å²) in [6.07, 6.45) is -1.76. The van der Waals surface area contributed by atoms with Crippen molar-refractivity contribution in [3.8, 4) is 22.8 Å². The smallest absolute Gasteiger partial charge is 0.333 e. The number of amides is 1. The van der Waals surface area contributed by atoms with Crippen LogP contribution >= 0.6 is 11.6 Å². The molecule has 1 aromatic heterocycles. The van der Waals surface area contributed by atoms with Gasteiger partial charge >= 0.3 is 11.9 Å². The summed E-state index contributed by atoms with van der Waals surface area (Å²) >= 11 is 5.98. The number of aromatic hydroxyl groups is 2. The lowest BCUT2D eigenvalue weighted by molar-refractivity contribution is -0.148. The lowest BCUT2D eigenvalue weighted by atomic mass is 10.0. The standard InChI is InChI=1S/C20H18ClN3O7/c21-13-5-6-15(25)14(7-13)12-3-1-11(2-4-12)9-24(10-16(26)20(29)30)22-19(28)17-8-18(27)23-31-17/h1-8,16,25-26H,9-10H2,(H,22,28)(H,23,27)(H,29,30)/t16-/m0/s1. The van der Waals surface area contributed by atoms with Crippen LogP contribution < -0.4 is 5.43 Å². The second-order valence-corrected chi connectivity index (χ2v) is 7.02. The van der Waals surface area contributed by atoms with Crippen molar-refractivity contribution < 1.29 is 34.5 Å². The Kier molecular flexibility index (Phi) is 6.75. The second-order valence-electron chi connectivity index (χ2n) is 6.58. The number of phenols is 1. The number of carbonyl (C=O) groups is 2. The highest BCUT2D eigenvalue weighted by Gasteiger charge is 2.22. The quantitative estimate of drug-likeness (QED) is 0.326. The van der Waals surface area contributed by atoms with Crippen molar-refractivity contribution in [2.45, 2.75) is 12.6 Å². The lowest BCUT2D eigenvalue weighted by Gasteiger charge is -2.24. The molecule has 0 unspecified atom stereocenters. The molecule has 0 aliphatic carbocycles. The van der Waals surface area contributed by atoms with Gasteiger partial charge in [-0.3, -0.25) is 10.2 Å². The highest BCUT2D eigenvalue weighted by atomic mass is 35.5. The number of halogens is 1. The van der Waals surface area contributed by atoms with Gasteiger partial charge in [0.05, 0.1) is 12.6 Å². The SMILES string of the molecule is O=C(NN(Cc1ccc(-c2cc(Cl)ccc2O)cc1)C[C@H](O)C(=O)O)c1cc(O)no1. The average molecular weight is 448 g/mol. The highest BCUT2D eigenvalue weighted by Crippen LogP contribution is 2.31. The van der Waals surface area contributed by atoms with Gasteiger partial charge in [-0.15, -0.1) is 0 Å². The van der Waals surface area contributed by atoms with E-state index in [4.69, 9.17) is 16.7 Å². The summed E-state index contributed by atoms with van der Waals surface area (Å²) in [7, 11) is 0. The Morgan fingerprint density at radius 3 is 2.45 bits per heavy atom. The molecule has 1 atom stereocenters. The van der Waals surface area contributed by atoms with Gasteiger partial charge in [-0.2, -0.15) is 0 Å². The third-order valence-corrected chi connectivity index (χ3v) is 4.49. The van der Waals surface area contributed by atoms with Crippen molar-refractivity contribution in [2.75, 3.05) is 6.54 Å². The Morgan fingerprint density at radius 1 is 1.13 bits per heavy atom. The third-order valence-electron chi connectivity index (χ3n) is 4.26. The van der Waals surface area contributed by atoms with Crippen molar-refractivity contribution in [3.05, 3.63) is 64.9 Å². The molecule has 0 saturated heterocycles. The van der Waals surface area contributed by atoms with E-state index in [0.29, 0.717) is 21.7 Å². The number of nitrogens with one attached hydrogen (secondary N) is 1. The first-order valence-corrected chi connectivity index (χ1v) is 9.31. The zero-order chi connectivity index (χ0) is 22.5. The van der Waals surface area contributed by atoms with Crippen molar-refractivity contribution >= 4 is 23.5 Å². The van der Waals surface area contributed by atoms with Gasteiger partial charge in [-0.1, -0.05) is 35.9 Å². The van der Waals surface area contributed by atoms with Gasteiger partial charge in [0.1, 0.15) is 5.75 Å². The number of carbonyl (C=O) groups excluding carboxylic acids is 1. The third kappa shape index (κ3) is 5.72. The van der Waals surface area contributed by atoms with Crippen LogP contribution in [-0.2, 0) is 11.3 Å². The molecule has 10 nitrogen and oxygen atoms in total. The second kappa shape index (κ2) is 9.47. The van der Waals surface area contributed by atoms with E-state index in [1.54, 1.807) is 36.4 Å². The number of nitrogens with zero attached hydrogens (tertiary/aromatic N) is 2. The molecule has 11 heteroatoms. The summed E-state index contributed by atoms with van der Waals surface area (Å²) in [5, 5.41) is 42.8. The first-order valence-electron chi connectivity index (χ1n) is 8.93. The number of aromatic nitrogens is 1. The fourth-order valence-electron chi connectivity index (χ4n) is 2.76. The minimum Gasteiger partial charge on any atom is -0.507 e. The van der Waals surface area contributed by atoms with Gasteiger partial charge in [0.15, 0.2) is 6.10 Å². The van der Waals surface area contributed by atoms with E-state index in [1.807, 2.05) is 0 Å². The average Bonchev–Trinajstić information content (AvgIpc) is 3.17. The van der Waals surface area contributed by atoms with Crippen molar-refractivity contribution in [1.29, 1.82) is 0 Å². The number of rotatable bonds is 8. The van der Waals surface area contributed by atoms with Crippen LogP contribution in [0.4, 0.5) is 0 Å². The van der Waals surface area contributed by atoms with E-state index in [1.165, 1.54) is 11.1 Å². The minimum atomic E-state index is -1.76. The Labute approximate surface area is 180 Å². The molecule has 0 saturated carbocycles. The Balaban J connectivity index is 1.77. The van der Waals surface area contributed by atoms with Crippen LogP contribution in [0.1, 0.15) is 16.1 Å². The van der Waals surface area contributed by atoms with E-state index in [0.717, 1.165) is 6.07 Å². The molecule has 1 heterocycles. The van der Waals surface area contributed by atoms with Crippen LogP contribution in [0, 0.1) is 0 Å². The van der Waals surface area contributed by atoms with E-state index in [9.17, 15) is 24.9 Å². The van der Waals surface area contributed by atoms with E-state index < -0.39 is 30.4 Å². The van der Waals surface area contributed by atoms with Crippen LogP contribution in [-0.4, -0.2) is 55.1 Å². The lowest BCUT2D eigenvalue weighted by Crippen LogP contribution is -2.47. The summed E-state index contributed by atoms with van der Waals surface area (Å²) < 4.78 is 4.66. The first kappa shape index (κ1) is 22.1. The molecule has 5 N–H and O–H groups in total. The highest BCUT2D eigenvalue weighted by molar-refractivity contribution is 6.31. The summed E-state index contributed by atoms with van der Waals surface area (Å²) in [5.74, 6) is -2.96.